The summed E-state index contributed by atoms with van der Waals surface area (Å²) in [5.41, 5.74) is 2.20. The minimum Gasteiger partial charge on any atom is -0.248 e. The number of benzene rings is 1. The van der Waals surface area contributed by atoms with Gasteiger partial charge >= 0.3 is 0 Å². The average molecular weight is 455 g/mol. The summed E-state index contributed by atoms with van der Waals surface area (Å²) >= 11 is 3.00. The number of sulfonamides is 1. The Bertz CT molecular complexity index is 1280. The van der Waals surface area contributed by atoms with Crippen LogP contribution in [0.5, 0.6) is 0 Å². The zero-order valence-corrected chi connectivity index (χ0v) is 18.4. The van der Waals surface area contributed by atoms with Gasteiger partial charge in [0.1, 0.15) is 26.1 Å². The van der Waals surface area contributed by atoms with Crippen molar-refractivity contribution in [3.63, 3.8) is 0 Å². The maximum absolute atomic E-state index is 12.7. The van der Waals surface area contributed by atoms with E-state index in [0.717, 1.165) is 39.2 Å². The van der Waals surface area contributed by atoms with Gasteiger partial charge in [0.05, 0.1) is 5.39 Å². The van der Waals surface area contributed by atoms with Crippen LogP contribution >= 0.6 is 23.1 Å². The van der Waals surface area contributed by atoms with Crippen LogP contribution in [-0.2, 0) is 10.0 Å². The van der Waals surface area contributed by atoms with Crippen LogP contribution < -0.4 is 0 Å². The Kier molecular flexibility index (Phi) is 5.28. The molecule has 0 aliphatic carbocycles. The van der Waals surface area contributed by atoms with Crippen LogP contribution in [0.1, 0.15) is 12.8 Å². The highest BCUT2D eigenvalue weighted by molar-refractivity contribution is 7.99. The Morgan fingerprint density at radius 2 is 1.77 bits per heavy atom. The highest BCUT2D eigenvalue weighted by atomic mass is 32.2. The average Bonchev–Trinajstić information content (AvgIpc) is 3.46. The molecule has 0 spiro atoms. The van der Waals surface area contributed by atoms with Gasteiger partial charge in [-0.25, -0.2) is 23.4 Å². The Hall–Kier alpha value is -2.33. The van der Waals surface area contributed by atoms with E-state index in [1.165, 1.54) is 22.3 Å². The molecule has 0 N–H and O–H groups in total. The Morgan fingerprint density at radius 1 is 0.967 bits per heavy atom. The van der Waals surface area contributed by atoms with Crippen molar-refractivity contribution >= 4 is 43.3 Å². The molecule has 6 nitrogen and oxygen atoms in total. The summed E-state index contributed by atoms with van der Waals surface area (Å²) in [5, 5.41) is 4.59. The van der Waals surface area contributed by atoms with E-state index < -0.39 is 10.0 Å². The first-order valence-corrected chi connectivity index (χ1v) is 12.7. The number of aromatic nitrogens is 3. The first kappa shape index (κ1) is 19.6. The highest BCUT2D eigenvalue weighted by Crippen LogP contribution is 2.39. The molecule has 1 aliphatic heterocycles. The maximum Gasteiger partial charge on any atom is 0.244 e. The molecule has 0 radical (unpaired) electrons. The molecule has 1 fully saturated rings. The topological polar surface area (TPSA) is 76.0 Å². The molecule has 9 heteroatoms. The number of nitrogens with zero attached hydrogens (tertiary/aromatic N) is 4. The third-order valence-corrected chi connectivity index (χ3v) is 8.76. The zero-order valence-electron chi connectivity index (χ0n) is 15.9. The summed E-state index contributed by atoms with van der Waals surface area (Å²) in [6, 6.07) is 13.5. The van der Waals surface area contributed by atoms with Crippen LogP contribution in [0.25, 0.3) is 21.3 Å². The fourth-order valence-electron chi connectivity index (χ4n) is 3.51. The molecular weight excluding hydrogens is 436 g/mol. The van der Waals surface area contributed by atoms with E-state index in [2.05, 4.69) is 32.5 Å². The third kappa shape index (κ3) is 3.62. The van der Waals surface area contributed by atoms with Crippen LogP contribution in [0.4, 0.5) is 0 Å². The summed E-state index contributed by atoms with van der Waals surface area (Å²) in [6.07, 6.45) is 4.83. The zero-order chi connectivity index (χ0) is 20.6. The smallest absolute Gasteiger partial charge is 0.244 e. The van der Waals surface area contributed by atoms with E-state index >= 15 is 0 Å². The minimum absolute atomic E-state index is 0.238. The van der Waals surface area contributed by atoms with Crippen molar-refractivity contribution in [2.45, 2.75) is 27.8 Å². The predicted octanol–water partition coefficient (Wildman–Crippen LogP) is 4.69. The fourth-order valence-corrected chi connectivity index (χ4v) is 6.80. The predicted molar refractivity (Wildman–Crippen MR) is 119 cm³/mol. The lowest BCUT2D eigenvalue weighted by molar-refractivity contribution is 0.477. The molecule has 1 saturated heterocycles. The Balaban J connectivity index is 1.47. The molecule has 0 bridgehead atoms. The van der Waals surface area contributed by atoms with Gasteiger partial charge in [-0.2, -0.15) is 4.31 Å². The van der Waals surface area contributed by atoms with Crippen LogP contribution in [0, 0.1) is 0 Å². The van der Waals surface area contributed by atoms with Crippen molar-refractivity contribution in [2.75, 3.05) is 13.1 Å². The molecule has 5 rings (SSSR count). The van der Waals surface area contributed by atoms with Crippen molar-refractivity contribution in [2.24, 2.45) is 0 Å². The molecule has 4 aromatic rings. The number of fused-ring (bicyclic) bond motifs is 1. The van der Waals surface area contributed by atoms with Crippen LogP contribution in [-0.4, -0.2) is 40.8 Å². The molecule has 4 heterocycles. The van der Waals surface area contributed by atoms with Crippen molar-refractivity contribution in [3.05, 3.63) is 60.4 Å². The third-order valence-electron chi connectivity index (χ3n) is 5.03. The largest absolute Gasteiger partial charge is 0.248 e. The summed E-state index contributed by atoms with van der Waals surface area (Å²) in [5.74, 6) is 0. The molecule has 30 heavy (non-hydrogen) atoms. The summed E-state index contributed by atoms with van der Waals surface area (Å²) in [7, 11) is -3.46. The molecule has 0 amide bonds. The van der Waals surface area contributed by atoms with Crippen molar-refractivity contribution in [1.82, 2.24) is 19.3 Å². The second kappa shape index (κ2) is 8.07. The fraction of sp³-hybridized carbons (Fsp3) is 0.190. The Morgan fingerprint density at radius 3 is 2.50 bits per heavy atom. The van der Waals surface area contributed by atoms with Gasteiger partial charge in [0.25, 0.3) is 0 Å². The number of thiophene rings is 1. The van der Waals surface area contributed by atoms with E-state index in [1.54, 1.807) is 29.8 Å². The van der Waals surface area contributed by atoms with Gasteiger partial charge < -0.3 is 0 Å². The summed E-state index contributed by atoms with van der Waals surface area (Å²) in [4.78, 5) is 14.5. The van der Waals surface area contributed by atoms with Gasteiger partial charge in [-0.05, 0) is 42.3 Å². The lowest BCUT2D eigenvalue weighted by atomic mass is 10.1. The molecule has 0 atom stereocenters. The van der Waals surface area contributed by atoms with E-state index in [9.17, 15) is 8.42 Å². The van der Waals surface area contributed by atoms with E-state index in [1.807, 2.05) is 18.2 Å². The quantitative estimate of drug-likeness (QED) is 0.407. The second-order valence-corrected chi connectivity index (χ2v) is 10.7. The van der Waals surface area contributed by atoms with Crippen LogP contribution in [0.3, 0.4) is 0 Å². The summed E-state index contributed by atoms with van der Waals surface area (Å²) < 4.78 is 26.9. The molecule has 1 aliphatic rings. The normalized spacial score (nSPS) is 15.1. The number of hydrogen-bond donors (Lipinski definition) is 0. The first-order chi connectivity index (χ1) is 14.6. The molecule has 152 valence electrons. The standard InChI is InChI=1S/C21H18N4O2S3/c26-30(27,25-10-4-5-11-25)16-8-9-18(22-12-16)29-21-19-17(15-6-2-1-3-7-15)13-28-20(19)23-14-24-21/h1-3,6-9,12-14H,4-5,10-11H2. The number of hydrogen-bond acceptors (Lipinski definition) is 7. The number of pyridine rings is 1. The molecule has 0 unspecified atom stereocenters. The van der Waals surface area contributed by atoms with Crippen LogP contribution in [0.15, 0.2) is 75.3 Å². The van der Waals surface area contributed by atoms with Gasteiger partial charge in [0.15, 0.2) is 0 Å². The van der Waals surface area contributed by atoms with Gasteiger partial charge in [-0.3, -0.25) is 0 Å². The van der Waals surface area contributed by atoms with Gasteiger partial charge in [0.2, 0.25) is 10.0 Å². The van der Waals surface area contributed by atoms with Crippen molar-refractivity contribution < 1.29 is 8.42 Å². The Labute approximate surface area is 183 Å². The maximum atomic E-state index is 12.7. The van der Waals surface area contributed by atoms with Crippen molar-refractivity contribution in [1.29, 1.82) is 0 Å². The minimum atomic E-state index is -3.46. The van der Waals surface area contributed by atoms with E-state index in [4.69, 9.17) is 0 Å². The van der Waals surface area contributed by atoms with Crippen molar-refractivity contribution in [3.8, 4) is 11.1 Å². The summed E-state index contributed by atoms with van der Waals surface area (Å²) in [6.45, 7) is 1.16. The van der Waals surface area contributed by atoms with E-state index in [0.29, 0.717) is 18.1 Å². The lowest BCUT2D eigenvalue weighted by Gasteiger charge is -2.15. The molecule has 3 aromatic heterocycles. The van der Waals surface area contributed by atoms with E-state index in [-0.39, 0.29) is 4.90 Å². The monoisotopic (exact) mass is 454 g/mol. The van der Waals surface area contributed by atoms with Gasteiger partial charge in [0, 0.05) is 30.2 Å². The number of rotatable bonds is 5. The van der Waals surface area contributed by atoms with Crippen LogP contribution in [0.2, 0.25) is 0 Å². The van der Waals surface area contributed by atoms with Gasteiger partial charge in [-0.1, -0.05) is 30.3 Å². The SMILES string of the molecule is O=S(=O)(c1ccc(Sc2ncnc3scc(-c4ccccc4)c23)nc1)N1CCCC1. The second-order valence-electron chi connectivity index (χ2n) is 6.92. The molecule has 0 saturated carbocycles. The molecular formula is C21H18N4O2S3. The first-order valence-electron chi connectivity index (χ1n) is 9.54. The van der Waals surface area contributed by atoms with Gasteiger partial charge in [-0.15, -0.1) is 11.3 Å². The lowest BCUT2D eigenvalue weighted by Crippen LogP contribution is -2.27. The molecule has 1 aromatic carbocycles. The highest BCUT2D eigenvalue weighted by Gasteiger charge is 2.27.